The maximum absolute atomic E-state index is 12.4. The predicted molar refractivity (Wildman–Crippen MR) is 75.0 cm³/mol. The summed E-state index contributed by atoms with van der Waals surface area (Å²) in [6.07, 6.45) is -2.47. The second-order valence-corrected chi connectivity index (χ2v) is 4.53. The van der Waals surface area contributed by atoms with Crippen LogP contribution in [-0.2, 0) is 13.1 Å². The van der Waals surface area contributed by atoms with Crippen LogP contribution in [0.5, 0.6) is 0 Å². The van der Waals surface area contributed by atoms with Crippen LogP contribution in [0, 0.1) is 10.1 Å². The van der Waals surface area contributed by atoms with E-state index >= 15 is 0 Å². The van der Waals surface area contributed by atoms with Gasteiger partial charge in [0.05, 0.1) is 4.92 Å². The Kier molecular flexibility index (Phi) is 4.94. The summed E-state index contributed by atoms with van der Waals surface area (Å²) in [4.78, 5) is 10.4. The van der Waals surface area contributed by atoms with Crippen LogP contribution in [0.4, 0.5) is 14.5 Å². The zero-order valence-electron chi connectivity index (χ0n) is 11.1. The molecular formula is C15H14F2N2O2. The largest absolute Gasteiger partial charge is 0.308 e. The van der Waals surface area contributed by atoms with E-state index in [-0.39, 0.29) is 11.3 Å². The number of nitrogens with one attached hydrogen (secondary N) is 1. The smallest absolute Gasteiger partial charge is 0.273 e. The first kappa shape index (κ1) is 15.1. The van der Waals surface area contributed by atoms with Gasteiger partial charge in [0.25, 0.3) is 12.1 Å². The summed E-state index contributed by atoms with van der Waals surface area (Å²) < 4.78 is 24.8. The van der Waals surface area contributed by atoms with Crippen LogP contribution in [0.25, 0.3) is 0 Å². The number of nitro groups is 1. The molecule has 2 rings (SSSR count). The van der Waals surface area contributed by atoms with Gasteiger partial charge in [0, 0.05) is 30.3 Å². The predicted octanol–water partition coefficient (Wildman–Crippen LogP) is 3.82. The highest BCUT2D eigenvalue weighted by Crippen LogP contribution is 2.19. The van der Waals surface area contributed by atoms with Gasteiger partial charge in [-0.1, -0.05) is 42.5 Å². The van der Waals surface area contributed by atoms with E-state index in [1.165, 1.54) is 18.2 Å². The van der Waals surface area contributed by atoms with Crippen LogP contribution in [0.1, 0.15) is 23.1 Å². The third-order valence-corrected chi connectivity index (χ3v) is 3.06. The van der Waals surface area contributed by atoms with Crippen LogP contribution < -0.4 is 5.32 Å². The number of alkyl halides is 2. The molecule has 0 spiro atoms. The average molecular weight is 292 g/mol. The molecule has 0 saturated carbocycles. The van der Waals surface area contributed by atoms with Crippen molar-refractivity contribution in [3.05, 3.63) is 75.3 Å². The summed E-state index contributed by atoms with van der Waals surface area (Å²) in [5, 5.41) is 13.9. The lowest BCUT2D eigenvalue weighted by Gasteiger charge is -2.07. The summed E-state index contributed by atoms with van der Waals surface area (Å²) in [6.45, 7) is 0.795. The first-order chi connectivity index (χ1) is 10.1. The third kappa shape index (κ3) is 4.06. The van der Waals surface area contributed by atoms with E-state index in [2.05, 4.69) is 5.32 Å². The molecule has 2 aromatic carbocycles. The normalized spacial score (nSPS) is 10.8. The number of nitrogens with zero attached hydrogens (tertiary/aromatic N) is 1. The van der Waals surface area contributed by atoms with Gasteiger partial charge in [-0.05, 0) is 5.56 Å². The Morgan fingerprint density at radius 2 is 1.71 bits per heavy atom. The Labute approximate surface area is 120 Å². The van der Waals surface area contributed by atoms with Crippen LogP contribution in [-0.4, -0.2) is 4.92 Å². The summed E-state index contributed by atoms with van der Waals surface area (Å²) in [6, 6.07) is 12.5. The van der Waals surface area contributed by atoms with Gasteiger partial charge in [-0.25, -0.2) is 8.78 Å². The Morgan fingerprint density at radius 1 is 1.05 bits per heavy atom. The van der Waals surface area contributed by atoms with Crippen molar-refractivity contribution in [2.24, 2.45) is 0 Å². The van der Waals surface area contributed by atoms with Crippen molar-refractivity contribution in [1.29, 1.82) is 0 Å². The number of halogens is 2. The van der Waals surface area contributed by atoms with Gasteiger partial charge in [0.1, 0.15) is 0 Å². The molecule has 0 aliphatic rings. The molecule has 21 heavy (non-hydrogen) atoms. The molecule has 0 fully saturated rings. The van der Waals surface area contributed by atoms with Gasteiger partial charge >= 0.3 is 0 Å². The van der Waals surface area contributed by atoms with Crippen molar-refractivity contribution in [1.82, 2.24) is 5.32 Å². The number of para-hydroxylation sites is 1. The van der Waals surface area contributed by atoms with Crippen LogP contribution in [0.15, 0.2) is 48.5 Å². The number of hydrogen-bond acceptors (Lipinski definition) is 3. The van der Waals surface area contributed by atoms with Crippen molar-refractivity contribution in [2.45, 2.75) is 19.5 Å². The maximum Gasteiger partial charge on any atom is 0.273 e. The van der Waals surface area contributed by atoms with Crippen molar-refractivity contribution in [3.8, 4) is 0 Å². The molecule has 1 N–H and O–H groups in total. The zero-order valence-corrected chi connectivity index (χ0v) is 11.1. The number of benzene rings is 2. The lowest BCUT2D eigenvalue weighted by atomic mass is 10.1. The first-order valence-corrected chi connectivity index (χ1v) is 6.38. The highest BCUT2D eigenvalue weighted by Gasteiger charge is 2.11. The molecule has 0 unspecified atom stereocenters. The monoisotopic (exact) mass is 292 g/mol. The lowest BCUT2D eigenvalue weighted by molar-refractivity contribution is -0.385. The van der Waals surface area contributed by atoms with Crippen LogP contribution in [0.3, 0.4) is 0 Å². The fourth-order valence-corrected chi connectivity index (χ4v) is 1.96. The minimum Gasteiger partial charge on any atom is -0.308 e. The third-order valence-electron chi connectivity index (χ3n) is 3.06. The summed E-state index contributed by atoms with van der Waals surface area (Å²) >= 11 is 0. The van der Waals surface area contributed by atoms with Gasteiger partial charge in [-0.15, -0.1) is 0 Å². The van der Waals surface area contributed by atoms with Gasteiger partial charge in [0.2, 0.25) is 0 Å². The van der Waals surface area contributed by atoms with E-state index in [1.54, 1.807) is 30.3 Å². The van der Waals surface area contributed by atoms with E-state index in [4.69, 9.17) is 0 Å². The molecule has 0 aliphatic heterocycles. The summed E-state index contributed by atoms with van der Waals surface area (Å²) in [5.41, 5.74) is 1.49. The SMILES string of the molecule is O=[N+]([O-])c1ccccc1CNCc1ccc(C(F)F)cc1. The molecular weight excluding hydrogens is 278 g/mol. The second kappa shape index (κ2) is 6.90. The topological polar surface area (TPSA) is 55.2 Å². The number of rotatable bonds is 6. The molecule has 110 valence electrons. The molecule has 2 aromatic rings. The highest BCUT2D eigenvalue weighted by molar-refractivity contribution is 5.39. The van der Waals surface area contributed by atoms with Crippen molar-refractivity contribution < 1.29 is 13.7 Å². The molecule has 0 saturated heterocycles. The fraction of sp³-hybridized carbons (Fsp3) is 0.200. The van der Waals surface area contributed by atoms with E-state index in [0.29, 0.717) is 18.7 Å². The fourth-order valence-electron chi connectivity index (χ4n) is 1.96. The molecule has 4 nitrogen and oxygen atoms in total. The van der Waals surface area contributed by atoms with Gasteiger partial charge < -0.3 is 5.32 Å². The highest BCUT2D eigenvalue weighted by atomic mass is 19.3. The number of nitro benzene ring substituents is 1. The molecule has 0 atom stereocenters. The van der Waals surface area contributed by atoms with Crippen molar-refractivity contribution >= 4 is 5.69 Å². The maximum atomic E-state index is 12.4. The van der Waals surface area contributed by atoms with Gasteiger partial charge in [0.15, 0.2) is 0 Å². The molecule has 0 amide bonds. The molecule has 0 aliphatic carbocycles. The van der Waals surface area contributed by atoms with Crippen molar-refractivity contribution in [2.75, 3.05) is 0 Å². The zero-order chi connectivity index (χ0) is 15.2. The summed E-state index contributed by atoms with van der Waals surface area (Å²) in [5.74, 6) is 0. The van der Waals surface area contributed by atoms with E-state index in [9.17, 15) is 18.9 Å². The quantitative estimate of drug-likeness (QED) is 0.650. The lowest BCUT2D eigenvalue weighted by Crippen LogP contribution is -2.13. The minimum atomic E-state index is -2.47. The molecule has 0 aromatic heterocycles. The minimum absolute atomic E-state index is 0.0163. The Hall–Kier alpha value is -2.34. The second-order valence-electron chi connectivity index (χ2n) is 4.53. The van der Waals surface area contributed by atoms with E-state index in [0.717, 1.165) is 5.56 Å². The first-order valence-electron chi connectivity index (χ1n) is 6.38. The van der Waals surface area contributed by atoms with E-state index in [1.807, 2.05) is 0 Å². The summed E-state index contributed by atoms with van der Waals surface area (Å²) in [7, 11) is 0. The Morgan fingerprint density at radius 3 is 2.33 bits per heavy atom. The molecule has 0 bridgehead atoms. The Bertz CT molecular complexity index is 615. The van der Waals surface area contributed by atoms with E-state index < -0.39 is 11.3 Å². The van der Waals surface area contributed by atoms with Crippen LogP contribution >= 0.6 is 0 Å². The standard InChI is InChI=1S/C15H14F2N2O2/c16-15(17)12-7-5-11(6-8-12)9-18-10-13-3-1-2-4-14(13)19(20)21/h1-8,15,18H,9-10H2. The molecule has 0 radical (unpaired) electrons. The number of hydrogen-bond donors (Lipinski definition) is 1. The average Bonchev–Trinajstić information content (AvgIpc) is 2.48. The Balaban J connectivity index is 1.94. The molecule has 0 heterocycles. The molecule has 6 heteroatoms. The van der Waals surface area contributed by atoms with Crippen molar-refractivity contribution in [3.63, 3.8) is 0 Å². The van der Waals surface area contributed by atoms with Crippen LogP contribution in [0.2, 0.25) is 0 Å². The van der Waals surface area contributed by atoms with Gasteiger partial charge in [-0.2, -0.15) is 0 Å². The van der Waals surface area contributed by atoms with Gasteiger partial charge in [-0.3, -0.25) is 10.1 Å².